The highest BCUT2D eigenvalue weighted by Gasteiger charge is 2.08. The zero-order valence-electron chi connectivity index (χ0n) is 13.3. The second kappa shape index (κ2) is 7.22. The molecule has 1 N–H and O–H groups in total. The van der Waals surface area contributed by atoms with Crippen LogP contribution >= 0.6 is 0 Å². The summed E-state index contributed by atoms with van der Waals surface area (Å²) < 4.78 is 7.77. The Kier molecular flexibility index (Phi) is 5.33. The van der Waals surface area contributed by atoms with E-state index in [0.29, 0.717) is 12.6 Å². The maximum atomic E-state index is 5.83. The van der Waals surface area contributed by atoms with Crippen molar-refractivity contribution in [3.8, 4) is 5.75 Å². The van der Waals surface area contributed by atoms with Crippen molar-refractivity contribution in [1.82, 2.24) is 20.1 Å². The van der Waals surface area contributed by atoms with E-state index in [9.17, 15) is 0 Å². The summed E-state index contributed by atoms with van der Waals surface area (Å²) in [7, 11) is 1.95. The van der Waals surface area contributed by atoms with Crippen LogP contribution in [0.1, 0.15) is 43.5 Å². The van der Waals surface area contributed by atoms with Gasteiger partial charge in [-0.25, -0.2) is 0 Å². The maximum Gasteiger partial charge on any atom is 0.170 e. The van der Waals surface area contributed by atoms with Crippen LogP contribution in [0.5, 0.6) is 5.75 Å². The number of aromatic nitrogens is 3. The fourth-order valence-corrected chi connectivity index (χ4v) is 2.08. The summed E-state index contributed by atoms with van der Waals surface area (Å²) in [6, 6.07) is 8.52. The van der Waals surface area contributed by atoms with Crippen molar-refractivity contribution in [3.05, 3.63) is 41.5 Å². The van der Waals surface area contributed by atoms with Crippen LogP contribution in [0.15, 0.2) is 24.3 Å². The zero-order valence-corrected chi connectivity index (χ0v) is 13.3. The Hall–Kier alpha value is -1.88. The summed E-state index contributed by atoms with van der Waals surface area (Å²) in [5.74, 6) is 2.58. The van der Waals surface area contributed by atoms with Crippen molar-refractivity contribution < 1.29 is 4.74 Å². The third-order valence-electron chi connectivity index (χ3n) is 3.61. The lowest BCUT2D eigenvalue weighted by molar-refractivity contribution is 0.290. The summed E-state index contributed by atoms with van der Waals surface area (Å²) in [4.78, 5) is 0. The Morgan fingerprint density at radius 3 is 2.81 bits per heavy atom. The largest absolute Gasteiger partial charge is 0.486 e. The van der Waals surface area contributed by atoms with E-state index in [1.807, 2.05) is 30.7 Å². The number of hydrogen-bond donors (Lipinski definition) is 1. The van der Waals surface area contributed by atoms with Gasteiger partial charge in [-0.3, -0.25) is 0 Å². The van der Waals surface area contributed by atoms with Gasteiger partial charge in [0.15, 0.2) is 5.82 Å². The lowest BCUT2D eigenvalue weighted by atomic mass is 10.1. The van der Waals surface area contributed by atoms with Gasteiger partial charge in [-0.2, -0.15) is 0 Å². The van der Waals surface area contributed by atoms with Crippen molar-refractivity contribution >= 4 is 0 Å². The monoisotopic (exact) mass is 288 g/mol. The van der Waals surface area contributed by atoms with Crippen LogP contribution in [-0.2, 0) is 13.7 Å². The molecule has 1 atom stereocenters. The molecule has 1 unspecified atom stereocenters. The quantitative estimate of drug-likeness (QED) is 0.851. The van der Waals surface area contributed by atoms with Crippen LogP contribution in [0.4, 0.5) is 0 Å². The minimum Gasteiger partial charge on any atom is -0.486 e. The van der Waals surface area contributed by atoms with Gasteiger partial charge >= 0.3 is 0 Å². The number of hydrogen-bond acceptors (Lipinski definition) is 4. The Balaban J connectivity index is 1.99. The summed E-state index contributed by atoms with van der Waals surface area (Å²) in [5, 5.41) is 11.6. The fraction of sp³-hybridized carbons (Fsp3) is 0.500. The summed E-state index contributed by atoms with van der Waals surface area (Å²) in [6.45, 7) is 7.71. The van der Waals surface area contributed by atoms with Crippen molar-refractivity contribution in [2.75, 3.05) is 6.54 Å². The molecule has 1 aromatic heterocycles. The Bertz CT molecular complexity index is 579. The van der Waals surface area contributed by atoms with Gasteiger partial charge in [-0.1, -0.05) is 19.1 Å². The SMILES string of the molecule is CCCNC(C)c1cccc(OCc2nnc(C)n2C)c1. The predicted octanol–water partition coefficient (Wildman–Crippen LogP) is 2.76. The summed E-state index contributed by atoms with van der Waals surface area (Å²) in [5.41, 5.74) is 1.23. The first kappa shape index (κ1) is 15.5. The third kappa shape index (κ3) is 4.04. The minimum absolute atomic E-state index is 0.325. The number of ether oxygens (including phenoxy) is 1. The van der Waals surface area contributed by atoms with Crippen LogP contribution in [0.2, 0.25) is 0 Å². The van der Waals surface area contributed by atoms with Crippen LogP contribution in [-0.4, -0.2) is 21.3 Å². The van der Waals surface area contributed by atoms with E-state index in [1.165, 1.54) is 5.56 Å². The topological polar surface area (TPSA) is 52.0 Å². The van der Waals surface area contributed by atoms with E-state index in [1.54, 1.807) is 0 Å². The standard InChI is InChI=1S/C16H24N4O/c1-5-9-17-12(2)14-7-6-8-15(10-14)21-11-16-19-18-13(3)20(16)4/h6-8,10,12,17H,5,9,11H2,1-4H3. The molecule has 0 saturated carbocycles. The number of nitrogens with zero attached hydrogens (tertiary/aromatic N) is 3. The minimum atomic E-state index is 0.325. The smallest absolute Gasteiger partial charge is 0.170 e. The highest BCUT2D eigenvalue weighted by atomic mass is 16.5. The molecule has 2 aromatic rings. The lowest BCUT2D eigenvalue weighted by Gasteiger charge is -2.15. The molecule has 0 spiro atoms. The van der Waals surface area contributed by atoms with E-state index in [0.717, 1.165) is 30.4 Å². The van der Waals surface area contributed by atoms with E-state index in [2.05, 4.69) is 41.5 Å². The van der Waals surface area contributed by atoms with Gasteiger partial charge in [0.2, 0.25) is 0 Å². The molecule has 5 nitrogen and oxygen atoms in total. The van der Waals surface area contributed by atoms with E-state index in [-0.39, 0.29) is 0 Å². The van der Waals surface area contributed by atoms with Crippen molar-refractivity contribution in [1.29, 1.82) is 0 Å². The molecular weight excluding hydrogens is 264 g/mol. The zero-order chi connectivity index (χ0) is 15.2. The van der Waals surface area contributed by atoms with E-state index in [4.69, 9.17) is 4.74 Å². The second-order valence-corrected chi connectivity index (χ2v) is 5.26. The third-order valence-corrected chi connectivity index (χ3v) is 3.61. The Labute approximate surface area is 126 Å². The summed E-state index contributed by atoms with van der Waals surface area (Å²) in [6.07, 6.45) is 1.13. The van der Waals surface area contributed by atoms with Crippen LogP contribution in [0, 0.1) is 6.92 Å². The molecule has 5 heteroatoms. The molecule has 0 radical (unpaired) electrons. The molecule has 0 bridgehead atoms. The average Bonchev–Trinajstić information content (AvgIpc) is 2.82. The molecule has 1 heterocycles. The first-order valence-corrected chi connectivity index (χ1v) is 7.42. The lowest BCUT2D eigenvalue weighted by Crippen LogP contribution is -2.19. The molecule has 0 amide bonds. The van der Waals surface area contributed by atoms with Crippen LogP contribution in [0.3, 0.4) is 0 Å². The Morgan fingerprint density at radius 1 is 1.33 bits per heavy atom. The number of rotatable bonds is 7. The molecule has 114 valence electrons. The molecule has 2 rings (SSSR count). The van der Waals surface area contributed by atoms with Crippen LogP contribution < -0.4 is 10.1 Å². The molecular formula is C16H24N4O. The van der Waals surface area contributed by atoms with Gasteiger partial charge in [0.05, 0.1) is 0 Å². The fourth-order valence-electron chi connectivity index (χ4n) is 2.08. The van der Waals surface area contributed by atoms with Crippen LogP contribution in [0.25, 0.3) is 0 Å². The molecule has 1 aromatic carbocycles. The molecule has 0 aliphatic rings. The predicted molar refractivity (Wildman–Crippen MR) is 83.2 cm³/mol. The highest BCUT2D eigenvalue weighted by molar-refractivity contribution is 5.30. The van der Waals surface area contributed by atoms with Gasteiger partial charge in [0.25, 0.3) is 0 Å². The Morgan fingerprint density at radius 2 is 2.14 bits per heavy atom. The van der Waals surface area contributed by atoms with Gasteiger partial charge in [0, 0.05) is 13.1 Å². The molecule has 0 saturated heterocycles. The normalized spacial score (nSPS) is 12.4. The average molecular weight is 288 g/mol. The summed E-state index contributed by atoms with van der Waals surface area (Å²) >= 11 is 0. The highest BCUT2D eigenvalue weighted by Crippen LogP contribution is 2.20. The van der Waals surface area contributed by atoms with Crippen molar-refractivity contribution in [2.45, 2.75) is 39.8 Å². The number of aryl methyl sites for hydroxylation is 1. The van der Waals surface area contributed by atoms with E-state index >= 15 is 0 Å². The molecule has 0 fully saturated rings. The van der Waals surface area contributed by atoms with Gasteiger partial charge in [-0.15, -0.1) is 10.2 Å². The second-order valence-electron chi connectivity index (χ2n) is 5.26. The first-order chi connectivity index (χ1) is 10.1. The van der Waals surface area contributed by atoms with Crippen molar-refractivity contribution in [2.24, 2.45) is 7.05 Å². The van der Waals surface area contributed by atoms with Gasteiger partial charge < -0.3 is 14.6 Å². The van der Waals surface area contributed by atoms with Gasteiger partial charge in [-0.05, 0) is 44.5 Å². The molecule has 0 aliphatic heterocycles. The van der Waals surface area contributed by atoms with E-state index < -0.39 is 0 Å². The number of nitrogens with one attached hydrogen (secondary N) is 1. The number of benzene rings is 1. The van der Waals surface area contributed by atoms with Gasteiger partial charge in [0.1, 0.15) is 18.2 Å². The van der Waals surface area contributed by atoms with Crippen molar-refractivity contribution in [3.63, 3.8) is 0 Å². The maximum absolute atomic E-state index is 5.83. The first-order valence-electron chi connectivity index (χ1n) is 7.42. The molecule has 0 aliphatic carbocycles. The molecule has 21 heavy (non-hydrogen) atoms.